The highest BCUT2D eigenvalue weighted by atomic mass is 32.1. The minimum absolute atomic E-state index is 0.0651. The summed E-state index contributed by atoms with van der Waals surface area (Å²) in [6, 6.07) is 3.43. The summed E-state index contributed by atoms with van der Waals surface area (Å²) in [6.45, 7) is 4.60. The summed E-state index contributed by atoms with van der Waals surface area (Å²) in [5, 5.41) is 12.7. The number of thiazole rings is 1. The Balaban J connectivity index is 1.65. The van der Waals surface area contributed by atoms with Crippen LogP contribution in [0, 0.1) is 12.8 Å². The van der Waals surface area contributed by atoms with E-state index in [4.69, 9.17) is 0 Å². The zero-order valence-corrected chi connectivity index (χ0v) is 14.5. The third kappa shape index (κ3) is 3.98. The number of aliphatic hydroxyl groups excluding tert-OH is 1. The van der Waals surface area contributed by atoms with Crippen molar-refractivity contribution in [3.8, 4) is 0 Å². The van der Waals surface area contributed by atoms with Crippen LogP contribution in [0.2, 0.25) is 0 Å². The molecule has 1 aliphatic heterocycles. The topological polar surface area (TPSA) is 78.4 Å². The molecule has 0 spiro atoms. The smallest absolute Gasteiger partial charge is 0.253 e. The standard InChI is InChI=1S/C17H22N4O2S/c1-12-16(24-11-19-12)9-21-6-4-14(10-22)15(8-21)20-17(23)13-3-2-5-18-7-13/h2-3,5,7,11,14-15,22H,4,6,8-10H2,1H3,(H,20,23)/t14-,15-/m1/s1. The molecule has 2 aromatic heterocycles. The molecule has 3 heterocycles. The second-order valence-electron chi connectivity index (χ2n) is 6.15. The Hall–Kier alpha value is -1.83. The van der Waals surface area contributed by atoms with Gasteiger partial charge in [0, 0.05) is 48.9 Å². The lowest BCUT2D eigenvalue weighted by atomic mass is 9.92. The molecule has 7 heteroatoms. The summed E-state index contributed by atoms with van der Waals surface area (Å²) < 4.78 is 0. The largest absolute Gasteiger partial charge is 0.396 e. The van der Waals surface area contributed by atoms with Gasteiger partial charge in [0.15, 0.2) is 0 Å². The number of carbonyl (C=O) groups excluding carboxylic acids is 1. The molecule has 1 fully saturated rings. The first-order chi connectivity index (χ1) is 11.7. The predicted octanol–water partition coefficient (Wildman–Crippen LogP) is 1.46. The molecule has 6 nitrogen and oxygen atoms in total. The zero-order valence-electron chi connectivity index (χ0n) is 13.7. The van der Waals surface area contributed by atoms with Crippen molar-refractivity contribution in [3.05, 3.63) is 46.2 Å². The van der Waals surface area contributed by atoms with Crippen LogP contribution in [0.4, 0.5) is 0 Å². The highest BCUT2D eigenvalue weighted by Crippen LogP contribution is 2.22. The molecule has 1 saturated heterocycles. The number of hydrogen-bond acceptors (Lipinski definition) is 6. The number of piperidine rings is 1. The number of carbonyl (C=O) groups is 1. The van der Waals surface area contributed by atoms with E-state index in [9.17, 15) is 9.90 Å². The molecule has 2 atom stereocenters. The van der Waals surface area contributed by atoms with Crippen LogP contribution in [0.25, 0.3) is 0 Å². The second-order valence-corrected chi connectivity index (χ2v) is 7.09. The first-order valence-electron chi connectivity index (χ1n) is 8.10. The molecule has 2 aromatic rings. The summed E-state index contributed by atoms with van der Waals surface area (Å²) in [5.41, 5.74) is 3.48. The first-order valence-corrected chi connectivity index (χ1v) is 8.98. The van der Waals surface area contributed by atoms with Crippen LogP contribution < -0.4 is 5.32 Å². The lowest BCUT2D eigenvalue weighted by Gasteiger charge is -2.38. The maximum Gasteiger partial charge on any atom is 0.253 e. The van der Waals surface area contributed by atoms with Crippen LogP contribution >= 0.6 is 11.3 Å². The highest BCUT2D eigenvalue weighted by Gasteiger charge is 2.30. The van der Waals surface area contributed by atoms with Crippen molar-refractivity contribution < 1.29 is 9.90 Å². The van der Waals surface area contributed by atoms with E-state index in [-0.39, 0.29) is 24.5 Å². The number of aliphatic hydroxyl groups is 1. The average Bonchev–Trinajstić information content (AvgIpc) is 3.01. The molecule has 1 aliphatic rings. The molecule has 2 N–H and O–H groups in total. The SMILES string of the molecule is Cc1ncsc1CN1CC[C@H](CO)[C@H](NC(=O)c2cccnc2)C1. The van der Waals surface area contributed by atoms with Crippen LogP contribution in [0.3, 0.4) is 0 Å². The van der Waals surface area contributed by atoms with Crippen molar-refractivity contribution in [1.82, 2.24) is 20.2 Å². The Morgan fingerprint density at radius 2 is 2.42 bits per heavy atom. The van der Waals surface area contributed by atoms with E-state index in [1.807, 2.05) is 12.4 Å². The maximum absolute atomic E-state index is 12.4. The van der Waals surface area contributed by atoms with Crippen molar-refractivity contribution in [2.45, 2.75) is 25.9 Å². The van der Waals surface area contributed by atoms with Crippen LogP contribution in [-0.2, 0) is 6.54 Å². The molecule has 3 rings (SSSR count). The quantitative estimate of drug-likeness (QED) is 0.857. The van der Waals surface area contributed by atoms with Gasteiger partial charge in [-0.15, -0.1) is 11.3 Å². The van der Waals surface area contributed by atoms with Gasteiger partial charge in [-0.3, -0.25) is 14.7 Å². The van der Waals surface area contributed by atoms with Gasteiger partial charge < -0.3 is 10.4 Å². The number of likely N-dealkylation sites (tertiary alicyclic amines) is 1. The number of rotatable bonds is 5. The van der Waals surface area contributed by atoms with E-state index >= 15 is 0 Å². The molecule has 0 radical (unpaired) electrons. The Morgan fingerprint density at radius 1 is 1.54 bits per heavy atom. The van der Waals surface area contributed by atoms with Crippen LogP contribution in [0.15, 0.2) is 30.0 Å². The predicted molar refractivity (Wildman–Crippen MR) is 92.8 cm³/mol. The fourth-order valence-electron chi connectivity index (χ4n) is 3.02. The summed E-state index contributed by atoms with van der Waals surface area (Å²) >= 11 is 1.66. The Kier molecular flexibility index (Phi) is 5.55. The lowest BCUT2D eigenvalue weighted by Crippen LogP contribution is -2.53. The van der Waals surface area contributed by atoms with Gasteiger partial charge in [0.25, 0.3) is 5.91 Å². The summed E-state index contributed by atoms with van der Waals surface area (Å²) in [7, 11) is 0. The van der Waals surface area contributed by atoms with E-state index in [1.54, 1.807) is 35.9 Å². The van der Waals surface area contributed by atoms with Crippen molar-refractivity contribution in [2.75, 3.05) is 19.7 Å². The molecule has 0 unspecified atom stereocenters. The fraction of sp³-hybridized carbons (Fsp3) is 0.471. The van der Waals surface area contributed by atoms with E-state index < -0.39 is 0 Å². The molecular formula is C17H22N4O2S. The van der Waals surface area contributed by atoms with Gasteiger partial charge in [0.1, 0.15) is 0 Å². The Bertz CT molecular complexity index is 676. The van der Waals surface area contributed by atoms with Crippen molar-refractivity contribution in [2.24, 2.45) is 5.92 Å². The maximum atomic E-state index is 12.4. The van der Waals surface area contributed by atoms with Gasteiger partial charge in [-0.1, -0.05) is 0 Å². The minimum atomic E-state index is -0.137. The molecular weight excluding hydrogens is 324 g/mol. The van der Waals surface area contributed by atoms with E-state index in [0.717, 1.165) is 31.7 Å². The van der Waals surface area contributed by atoms with Crippen LogP contribution in [0.1, 0.15) is 27.3 Å². The Labute approximate surface area is 145 Å². The average molecular weight is 346 g/mol. The molecule has 0 aliphatic carbocycles. The van der Waals surface area contributed by atoms with Gasteiger partial charge in [0.05, 0.1) is 16.8 Å². The third-order valence-electron chi connectivity index (χ3n) is 4.53. The number of aromatic nitrogens is 2. The molecule has 128 valence electrons. The molecule has 1 amide bonds. The van der Waals surface area contributed by atoms with E-state index in [1.165, 1.54) is 4.88 Å². The van der Waals surface area contributed by atoms with Crippen LogP contribution in [-0.4, -0.2) is 51.6 Å². The molecule has 0 bridgehead atoms. The van der Waals surface area contributed by atoms with Gasteiger partial charge in [-0.25, -0.2) is 4.98 Å². The zero-order chi connectivity index (χ0) is 16.9. The van der Waals surface area contributed by atoms with Gasteiger partial charge in [-0.2, -0.15) is 0 Å². The first kappa shape index (κ1) is 17.0. The van der Waals surface area contributed by atoms with Crippen molar-refractivity contribution in [1.29, 1.82) is 0 Å². The summed E-state index contributed by atoms with van der Waals surface area (Å²) in [4.78, 5) is 24.3. The number of nitrogens with one attached hydrogen (secondary N) is 1. The van der Waals surface area contributed by atoms with Crippen molar-refractivity contribution >= 4 is 17.2 Å². The Morgan fingerprint density at radius 3 is 3.08 bits per heavy atom. The van der Waals surface area contributed by atoms with Crippen molar-refractivity contribution in [3.63, 3.8) is 0 Å². The number of hydrogen-bond donors (Lipinski definition) is 2. The molecule has 0 aromatic carbocycles. The summed E-state index contributed by atoms with van der Waals surface area (Å²) in [6.07, 6.45) is 4.07. The highest BCUT2D eigenvalue weighted by molar-refractivity contribution is 7.09. The monoisotopic (exact) mass is 346 g/mol. The van der Waals surface area contributed by atoms with Crippen LogP contribution in [0.5, 0.6) is 0 Å². The second kappa shape index (κ2) is 7.83. The number of aryl methyl sites for hydroxylation is 1. The van der Waals surface area contributed by atoms with Gasteiger partial charge >= 0.3 is 0 Å². The number of pyridine rings is 1. The number of nitrogens with zero attached hydrogens (tertiary/aromatic N) is 3. The summed E-state index contributed by atoms with van der Waals surface area (Å²) in [5.74, 6) is -0.0493. The normalized spacial score (nSPS) is 21.6. The van der Waals surface area contributed by atoms with E-state index in [2.05, 4.69) is 20.2 Å². The van der Waals surface area contributed by atoms with E-state index in [0.29, 0.717) is 5.56 Å². The third-order valence-corrected chi connectivity index (χ3v) is 5.45. The molecule has 0 saturated carbocycles. The van der Waals surface area contributed by atoms with Gasteiger partial charge in [0.2, 0.25) is 0 Å². The lowest BCUT2D eigenvalue weighted by molar-refractivity contribution is 0.0732. The minimum Gasteiger partial charge on any atom is -0.396 e. The van der Waals surface area contributed by atoms with Gasteiger partial charge in [-0.05, 0) is 32.0 Å². The fourth-order valence-corrected chi connectivity index (χ4v) is 3.84. The molecule has 24 heavy (non-hydrogen) atoms. The number of amides is 1.